The highest BCUT2D eigenvalue weighted by atomic mass is 16.5. The van der Waals surface area contributed by atoms with Gasteiger partial charge in [-0.2, -0.15) is 0 Å². The van der Waals surface area contributed by atoms with Crippen molar-refractivity contribution >= 4 is 5.91 Å². The lowest BCUT2D eigenvalue weighted by Gasteiger charge is -2.20. The van der Waals surface area contributed by atoms with Crippen molar-refractivity contribution in [3.8, 4) is 5.75 Å². The van der Waals surface area contributed by atoms with E-state index in [2.05, 4.69) is 11.2 Å². The predicted molar refractivity (Wildman–Crippen MR) is 82.1 cm³/mol. The second-order valence-corrected chi connectivity index (χ2v) is 6.01. The number of ether oxygens (including phenoxy) is 1. The first kappa shape index (κ1) is 14.6. The van der Waals surface area contributed by atoms with Crippen molar-refractivity contribution < 1.29 is 14.1 Å². The van der Waals surface area contributed by atoms with Crippen molar-refractivity contribution in [1.82, 2.24) is 10.1 Å². The summed E-state index contributed by atoms with van der Waals surface area (Å²) in [6.07, 6.45) is 0.812. The molecule has 3 rings (SSSR count). The summed E-state index contributed by atoms with van der Waals surface area (Å²) >= 11 is 0. The number of carbonyl (C=O) groups excluding carboxylic acids is 1. The van der Waals surface area contributed by atoms with Gasteiger partial charge in [0.2, 0.25) is 0 Å². The summed E-state index contributed by atoms with van der Waals surface area (Å²) in [6.45, 7) is 4.53. The van der Waals surface area contributed by atoms with Crippen LogP contribution in [0.5, 0.6) is 5.75 Å². The Morgan fingerprint density at radius 1 is 1.41 bits per heavy atom. The molecule has 1 unspecified atom stereocenters. The minimum atomic E-state index is -0.143. The highest BCUT2D eigenvalue weighted by Gasteiger charge is 2.26. The van der Waals surface area contributed by atoms with Crippen LogP contribution in [0.25, 0.3) is 0 Å². The zero-order valence-corrected chi connectivity index (χ0v) is 13.1. The monoisotopic (exact) mass is 300 g/mol. The molecular weight excluding hydrogens is 280 g/mol. The third-order valence-corrected chi connectivity index (χ3v) is 3.85. The van der Waals surface area contributed by atoms with Crippen LogP contribution in [0.1, 0.15) is 41.6 Å². The molecule has 0 N–H and O–H groups in total. The number of fused-ring (bicyclic) bond motifs is 1. The second-order valence-electron chi connectivity index (χ2n) is 6.01. The largest absolute Gasteiger partial charge is 0.488 e. The molecule has 0 radical (unpaired) electrons. The molecule has 22 heavy (non-hydrogen) atoms. The number of para-hydroxylation sites is 1. The van der Waals surface area contributed by atoms with Gasteiger partial charge in [0.25, 0.3) is 5.91 Å². The number of carbonyl (C=O) groups is 1. The van der Waals surface area contributed by atoms with E-state index in [1.807, 2.05) is 32.0 Å². The van der Waals surface area contributed by atoms with Crippen molar-refractivity contribution in [3.05, 3.63) is 47.3 Å². The fraction of sp³-hybridized carbons (Fsp3) is 0.412. The van der Waals surface area contributed by atoms with Gasteiger partial charge in [-0.05, 0) is 11.6 Å². The zero-order valence-electron chi connectivity index (χ0n) is 13.1. The third-order valence-electron chi connectivity index (χ3n) is 3.85. The normalized spacial score (nSPS) is 16.5. The molecular formula is C17H20N2O3. The first-order valence-corrected chi connectivity index (χ1v) is 7.51. The van der Waals surface area contributed by atoms with Gasteiger partial charge in [0.15, 0.2) is 5.69 Å². The molecule has 1 aromatic carbocycles. The SMILES string of the molecule is CC(C)c1cc(C(=O)N(C)CC2Cc3ccccc3O2)no1. The van der Waals surface area contributed by atoms with E-state index in [4.69, 9.17) is 9.26 Å². The number of rotatable bonds is 4. The fourth-order valence-electron chi connectivity index (χ4n) is 2.60. The van der Waals surface area contributed by atoms with Crippen molar-refractivity contribution in [2.75, 3.05) is 13.6 Å². The molecule has 116 valence electrons. The maximum atomic E-state index is 12.4. The average Bonchev–Trinajstić information content (AvgIpc) is 3.12. The van der Waals surface area contributed by atoms with E-state index in [1.54, 1.807) is 18.0 Å². The Bertz CT molecular complexity index is 653. The Morgan fingerprint density at radius 3 is 2.86 bits per heavy atom. The van der Waals surface area contributed by atoms with E-state index >= 15 is 0 Å². The zero-order chi connectivity index (χ0) is 15.7. The van der Waals surface area contributed by atoms with Crippen molar-refractivity contribution in [1.29, 1.82) is 0 Å². The fourth-order valence-corrected chi connectivity index (χ4v) is 2.60. The summed E-state index contributed by atoms with van der Waals surface area (Å²) in [5, 5.41) is 3.87. The molecule has 0 bridgehead atoms. The van der Waals surface area contributed by atoms with Gasteiger partial charge < -0.3 is 14.2 Å². The van der Waals surface area contributed by atoms with E-state index in [-0.39, 0.29) is 17.9 Å². The minimum Gasteiger partial charge on any atom is -0.488 e. The van der Waals surface area contributed by atoms with Crippen LogP contribution in [0.2, 0.25) is 0 Å². The number of hydrogen-bond donors (Lipinski definition) is 0. The third kappa shape index (κ3) is 2.84. The lowest BCUT2D eigenvalue weighted by molar-refractivity contribution is 0.0720. The van der Waals surface area contributed by atoms with Gasteiger partial charge in [0, 0.05) is 25.5 Å². The first-order valence-electron chi connectivity index (χ1n) is 7.51. The summed E-state index contributed by atoms with van der Waals surface area (Å²) < 4.78 is 11.1. The van der Waals surface area contributed by atoms with Gasteiger partial charge in [-0.1, -0.05) is 37.2 Å². The van der Waals surface area contributed by atoms with Crippen LogP contribution in [0.4, 0.5) is 0 Å². The quantitative estimate of drug-likeness (QED) is 0.871. The molecule has 2 heterocycles. The Hall–Kier alpha value is -2.30. The smallest absolute Gasteiger partial charge is 0.275 e. The molecule has 1 atom stereocenters. The van der Waals surface area contributed by atoms with Crippen LogP contribution in [-0.4, -0.2) is 35.7 Å². The highest BCUT2D eigenvalue weighted by molar-refractivity contribution is 5.92. The van der Waals surface area contributed by atoms with E-state index in [9.17, 15) is 4.79 Å². The summed E-state index contributed by atoms with van der Waals surface area (Å²) in [6, 6.07) is 9.70. The van der Waals surface area contributed by atoms with Gasteiger partial charge in [-0.25, -0.2) is 0 Å². The van der Waals surface area contributed by atoms with Gasteiger partial charge in [0.1, 0.15) is 17.6 Å². The minimum absolute atomic E-state index is 0.0113. The van der Waals surface area contributed by atoms with E-state index in [0.29, 0.717) is 12.2 Å². The van der Waals surface area contributed by atoms with Gasteiger partial charge in [0.05, 0.1) is 6.54 Å². The second kappa shape index (κ2) is 5.83. The van der Waals surface area contributed by atoms with Crippen molar-refractivity contribution in [2.45, 2.75) is 32.3 Å². The van der Waals surface area contributed by atoms with Crippen LogP contribution in [0.15, 0.2) is 34.9 Å². The molecule has 0 saturated heterocycles. The predicted octanol–water partition coefficient (Wildman–Crippen LogP) is 2.87. The number of aromatic nitrogens is 1. The molecule has 1 aromatic heterocycles. The molecule has 5 nitrogen and oxygen atoms in total. The van der Waals surface area contributed by atoms with Crippen LogP contribution in [0.3, 0.4) is 0 Å². The van der Waals surface area contributed by atoms with E-state index in [1.165, 1.54) is 5.56 Å². The molecule has 1 amide bonds. The van der Waals surface area contributed by atoms with Crippen LogP contribution < -0.4 is 4.74 Å². The Labute approximate surface area is 129 Å². The lowest BCUT2D eigenvalue weighted by atomic mass is 10.1. The molecule has 0 fully saturated rings. The van der Waals surface area contributed by atoms with Crippen molar-refractivity contribution in [2.24, 2.45) is 0 Å². The van der Waals surface area contributed by atoms with Gasteiger partial charge in [-0.3, -0.25) is 4.79 Å². The maximum Gasteiger partial charge on any atom is 0.275 e. The average molecular weight is 300 g/mol. The summed E-state index contributed by atoms with van der Waals surface area (Å²) in [5.74, 6) is 1.71. The molecule has 0 saturated carbocycles. The lowest BCUT2D eigenvalue weighted by Crippen LogP contribution is -2.36. The van der Waals surface area contributed by atoms with Crippen LogP contribution >= 0.6 is 0 Å². The van der Waals surface area contributed by atoms with Gasteiger partial charge >= 0.3 is 0 Å². The topological polar surface area (TPSA) is 55.6 Å². The van der Waals surface area contributed by atoms with E-state index in [0.717, 1.165) is 17.9 Å². The number of likely N-dealkylation sites (N-methyl/N-ethyl adjacent to an activating group) is 1. The Morgan fingerprint density at radius 2 is 2.18 bits per heavy atom. The molecule has 1 aliphatic rings. The Kier molecular flexibility index (Phi) is 3.88. The number of benzene rings is 1. The summed E-state index contributed by atoms with van der Waals surface area (Å²) in [7, 11) is 1.76. The molecule has 1 aliphatic heterocycles. The summed E-state index contributed by atoms with van der Waals surface area (Å²) in [4.78, 5) is 14.0. The standard InChI is InChI=1S/C17H20N2O3/c1-11(2)16-9-14(18-22-16)17(20)19(3)10-13-8-12-6-4-5-7-15(12)21-13/h4-7,9,11,13H,8,10H2,1-3H3. The number of amides is 1. The molecule has 5 heteroatoms. The highest BCUT2D eigenvalue weighted by Crippen LogP contribution is 2.28. The molecule has 0 spiro atoms. The van der Waals surface area contributed by atoms with Crippen LogP contribution in [-0.2, 0) is 6.42 Å². The molecule has 2 aromatic rings. The first-order chi connectivity index (χ1) is 10.5. The summed E-state index contributed by atoms with van der Waals surface area (Å²) in [5.41, 5.74) is 1.54. The van der Waals surface area contributed by atoms with E-state index < -0.39 is 0 Å². The number of nitrogens with zero attached hydrogens (tertiary/aromatic N) is 2. The van der Waals surface area contributed by atoms with Crippen LogP contribution in [0, 0.1) is 0 Å². The van der Waals surface area contributed by atoms with Crippen molar-refractivity contribution in [3.63, 3.8) is 0 Å². The number of hydrogen-bond acceptors (Lipinski definition) is 4. The molecule has 0 aliphatic carbocycles. The maximum absolute atomic E-state index is 12.4. The Balaban J connectivity index is 1.62. The van der Waals surface area contributed by atoms with Gasteiger partial charge in [-0.15, -0.1) is 0 Å².